The highest BCUT2D eigenvalue weighted by Gasteiger charge is 2.66. The minimum Gasteiger partial charge on any atom is -0.447 e. The Morgan fingerprint density at radius 3 is 2.47 bits per heavy atom. The molecule has 0 saturated carbocycles. The molecular formula is C35H38FN5O5Si. The fourth-order valence-corrected chi connectivity index (χ4v) is 10.2. The maximum absolute atomic E-state index is 16.2. The van der Waals surface area contributed by atoms with Gasteiger partial charge in [0.15, 0.2) is 5.60 Å². The number of aromatic nitrogens is 3. The maximum atomic E-state index is 16.2. The molecule has 10 nitrogen and oxygen atoms in total. The van der Waals surface area contributed by atoms with E-state index in [0.717, 1.165) is 28.1 Å². The van der Waals surface area contributed by atoms with E-state index in [-0.39, 0.29) is 12.0 Å². The number of amides is 2. The third kappa shape index (κ3) is 5.43. The lowest BCUT2D eigenvalue weighted by atomic mass is 9.82. The first kappa shape index (κ1) is 31.2. The summed E-state index contributed by atoms with van der Waals surface area (Å²) in [5.41, 5.74) is 2.52. The number of aryl methyl sites for hydroxylation is 1. The van der Waals surface area contributed by atoms with Crippen LogP contribution in [0.4, 0.5) is 20.3 Å². The molecule has 1 N–H and O–H groups in total. The molecule has 4 aromatic rings. The predicted octanol–water partition coefficient (Wildman–Crippen LogP) is 5.73. The zero-order valence-corrected chi connectivity index (χ0v) is 27.6. The Balaban J connectivity index is 1.13. The van der Waals surface area contributed by atoms with Gasteiger partial charge < -0.3 is 23.6 Å². The van der Waals surface area contributed by atoms with Crippen LogP contribution in [0.5, 0.6) is 0 Å². The van der Waals surface area contributed by atoms with Gasteiger partial charge in [-0.15, -0.1) is 5.10 Å². The van der Waals surface area contributed by atoms with Crippen molar-refractivity contribution in [3.63, 3.8) is 0 Å². The number of hydrogen-bond donors (Lipinski definition) is 1. The second-order valence-corrected chi connectivity index (χ2v) is 16.9. The number of ether oxygens (including phenoxy) is 2. The van der Waals surface area contributed by atoms with Crippen molar-refractivity contribution in [3.8, 4) is 0 Å². The summed E-state index contributed by atoms with van der Waals surface area (Å²) in [6.07, 6.45) is 0.326. The van der Waals surface area contributed by atoms with Crippen LogP contribution in [0.15, 0.2) is 85.1 Å². The molecule has 3 aromatic carbocycles. The van der Waals surface area contributed by atoms with Crippen molar-refractivity contribution >= 4 is 31.8 Å². The van der Waals surface area contributed by atoms with Crippen molar-refractivity contribution in [1.82, 2.24) is 15.0 Å². The lowest BCUT2D eigenvalue weighted by molar-refractivity contribution is -0.146. The van der Waals surface area contributed by atoms with Gasteiger partial charge >= 0.3 is 6.09 Å². The fraction of sp³-hybridized carbons (Fsp3) is 0.371. The normalized spacial score (nSPS) is 24.7. The van der Waals surface area contributed by atoms with Crippen LogP contribution >= 0.6 is 0 Å². The minimum absolute atomic E-state index is 0.196. The summed E-state index contributed by atoms with van der Waals surface area (Å²) in [7, 11) is -3.33. The van der Waals surface area contributed by atoms with Gasteiger partial charge in [0.2, 0.25) is 8.41 Å². The Hall–Kier alpha value is -4.39. The second-order valence-electron chi connectivity index (χ2n) is 13.1. The molecule has 1 aromatic heterocycles. The molecular weight excluding hydrogens is 617 g/mol. The third-order valence-corrected chi connectivity index (χ3v) is 12.3. The summed E-state index contributed by atoms with van der Waals surface area (Å²) >= 11 is 0. The number of carbonyl (C=O) groups excluding carboxylic acids is 2. The number of halogens is 1. The lowest BCUT2D eigenvalue weighted by Gasteiger charge is -2.31. The van der Waals surface area contributed by atoms with Crippen molar-refractivity contribution in [2.45, 2.75) is 62.9 Å². The summed E-state index contributed by atoms with van der Waals surface area (Å²) in [4.78, 5) is 29.9. The Kier molecular flexibility index (Phi) is 7.97. The largest absolute Gasteiger partial charge is 0.447 e. The second kappa shape index (κ2) is 12.0. The quantitative estimate of drug-likeness (QED) is 0.181. The van der Waals surface area contributed by atoms with Crippen molar-refractivity contribution in [2.24, 2.45) is 5.92 Å². The van der Waals surface area contributed by atoms with E-state index in [1.54, 1.807) is 33.8 Å². The Morgan fingerprint density at radius 1 is 1.04 bits per heavy atom. The number of carbonyl (C=O) groups is 2. The van der Waals surface area contributed by atoms with E-state index in [4.69, 9.17) is 9.47 Å². The zero-order chi connectivity index (χ0) is 32.9. The van der Waals surface area contributed by atoms with E-state index in [2.05, 4.69) is 10.3 Å². The first-order chi connectivity index (χ1) is 22.6. The molecule has 0 aliphatic carbocycles. The number of aliphatic hydroxyl groups excluding tert-OH is 1. The average Bonchev–Trinajstić information content (AvgIpc) is 3.83. The van der Waals surface area contributed by atoms with E-state index in [9.17, 15) is 14.7 Å². The van der Waals surface area contributed by atoms with Crippen LogP contribution in [0.1, 0.15) is 41.8 Å². The van der Waals surface area contributed by atoms with E-state index < -0.39 is 37.7 Å². The molecule has 12 heteroatoms. The van der Waals surface area contributed by atoms with Gasteiger partial charge in [0.05, 0.1) is 31.1 Å². The predicted molar refractivity (Wildman–Crippen MR) is 176 cm³/mol. The van der Waals surface area contributed by atoms with Gasteiger partial charge in [-0.3, -0.25) is 14.4 Å². The number of fused-ring (bicyclic) bond motifs is 2. The fourth-order valence-electron chi connectivity index (χ4n) is 7.63. The molecule has 2 amide bonds. The molecule has 3 aliphatic rings. The topological polar surface area (TPSA) is 110 Å². The number of aliphatic hydroxyl groups is 1. The highest BCUT2D eigenvalue weighted by Crippen LogP contribution is 2.60. The molecule has 0 radical (unpaired) electrons. The molecule has 0 bridgehead atoms. The summed E-state index contributed by atoms with van der Waals surface area (Å²) in [5, 5.41) is 19.2. The highest BCUT2D eigenvalue weighted by atomic mass is 28.4. The average molecular weight is 656 g/mol. The first-order valence-corrected chi connectivity index (χ1v) is 19.0. The SMILES string of the molecule is C[C@@H]1[C@@H]([Si](C)(C)F)[C@H](CCn2cc([C@H](O)c3ccccc3)nn2)O[C@@]12C(=O)N(Cc1ccc(N3CCOC3=O)cc1)c1ccccc12. The van der Waals surface area contributed by atoms with Gasteiger partial charge in [0.1, 0.15) is 18.4 Å². The van der Waals surface area contributed by atoms with E-state index >= 15 is 4.11 Å². The number of cyclic esters (lactones) is 1. The summed E-state index contributed by atoms with van der Waals surface area (Å²) in [5.74, 6) is -0.606. The highest BCUT2D eigenvalue weighted by molar-refractivity contribution is 6.72. The molecule has 7 rings (SSSR count). The van der Waals surface area contributed by atoms with Gasteiger partial charge in [-0.05, 0) is 48.8 Å². The van der Waals surface area contributed by atoms with Crippen molar-refractivity contribution < 1.29 is 28.3 Å². The number of para-hydroxylation sites is 1. The standard InChI is InChI=1S/C35H38FN5O5Si/c1-23-32(47(2,3)36)30(17-18-39-22-28(37-38-39)31(42)25-9-5-4-6-10-25)46-35(23)27-11-7-8-12-29(27)41(33(35)43)21-24-13-15-26(16-14-24)40-19-20-45-34(40)44/h4-16,22-23,30-32,42H,17-21H2,1-3H3/t23-,30+,31-,32-,35+/m1/s1. The van der Waals surface area contributed by atoms with Gasteiger partial charge in [0.25, 0.3) is 5.91 Å². The smallest absolute Gasteiger partial charge is 0.414 e. The molecule has 3 aliphatic heterocycles. The Bertz CT molecular complexity index is 1780. The lowest BCUT2D eigenvalue weighted by Crippen LogP contribution is -2.45. The molecule has 2 saturated heterocycles. The van der Waals surface area contributed by atoms with Crippen LogP contribution in [0.3, 0.4) is 0 Å². The van der Waals surface area contributed by atoms with Gasteiger partial charge in [-0.25, -0.2) is 4.79 Å². The van der Waals surface area contributed by atoms with E-state index in [1.165, 1.54) is 0 Å². The molecule has 244 valence electrons. The Morgan fingerprint density at radius 2 is 1.77 bits per heavy atom. The molecule has 47 heavy (non-hydrogen) atoms. The van der Waals surface area contributed by atoms with Crippen molar-refractivity contribution in [3.05, 3.63) is 107 Å². The number of rotatable bonds is 9. The van der Waals surface area contributed by atoms with E-state index in [0.29, 0.717) is 38.4 Å². The number of nitrogens with zero attached hydrogens (tertiary/aromatic N) is 5. The van der Waals surface area contributed by atoms with Crippen molar-refractivity contribution in [2.75, 3.05) is 23.0 Å². The van der Waals surface area contributed by atoms with Crippen LogP contribution in [-0.2, 0) is 33.0 Å². The molecule has 0 unspecified atom stereocenters. The number of hydrogen-bond acceptors (Lipinski definition) is 7. The van der Waals surface area contributed by atoms with Crippen molar-refractivity contribution in [1.29, 1.82) is 0 Å². The molecule has 5 atom stereocenters. The number of anilines is 2. The summed E-state index contributed by atoms with van der Waals surface area (Å²) < 4.78 is 29.8. The van der Waals surface area contributed by atoms with Crippen LogP contribution in [0.25, 0.3) is 0 Å². The van der Waals surface area contributed by atoms with Crippen LogP contribution in [-0.4, -0.2) is 59.8 Å². The summed E-state index contributed by atoms with van der Waals surface area (Å²) in [6.45, 7) is 6.87. The van der Waals surface area contributed by atoms with Crippen LogP contribution in [0.2, 0.25) is 18.6 Å². The Labute approximate surface area is 273 Å². The first-order valence-electron chi connectivity index (χ1n) is 16.0. The molecule has 1 spiro atoms. The maximum Gasteiger partial charge on any atom is 0.414 e. The van der Waals surface area contributed by atoms with E-state index in [1.807, 2.05) is 85.8 Å². The summed E-state index contributed by atoms with van der Waals surface area (Å²) in [6, 6.07) is 24.4. The van der Waals surface area contributed by atoms with Crippen LogP contribution < -0.4 is 9.80 Å². The van der Waals surface area contributed by atoms with Gasteiger partial charge in [-0.2, -0.15) is 0 Å². The molecule has 2 fully saturated rings. The third-order valence-electron chi connectivity index (χ3n) is 9.81. The minimum atomic E-state index is -3.33. The van der Waals surface area contributed by atoms with Crippen LogP contribution in [0, 0.1) is 5.92 Å². The van der Waals surface area contributed by atoms with Gasteiger partial charge in [0, 0.05) is 29.3 Å². The molecule has 4 heterocycles. The number of benzene rings is 3. The monoisotopic (exact) mass is 655 g/mol. The van der Waals surface area contributed by atoms with Gasteiger partial charge in [-0.1, -0.05) is 72.8 Å². The zero-order valence-electron chi connectivity index (χ0n) is 26.6.